The normalized spacial score (nSPS) is 16.8. The van der Waals surface area contributed by atoms with E-state index in [1.807, 2.05) is 0 Å². The Balaban J connectivity index is 2.10. The topological polar surface area (TPSA) is 64.3 Å². The second kappa shape index (κ2) is 6.15. The number of thiocarbonyl (C=S) groups is 1. The van der Waals surface area contributed by atoms with Crippen molar-refractivity contribution in [1.82, 2.24) is 5.32 Å². The van der Waals surface area contributed by atoms with Gasteiger partial charge >= 0.3 is 0 Å². The Morgan fingerprint density at radius 2 is 2.19 bits per heavy atom. The Hall–Kier alpha value is -0.680. The summed E-state index contributed by atoms with van der Waals surface area (Å²) < 4.78 is 5.34. The molecule has 0 aromatic carbocycles. The van der Waals surface area contributed by atoms with E-state index >= 15 is 0 Å². The van der Waals surface area contributed by atoms with Gasteiger partial charge < -0.3 is 15.8 Å². The maximum Gasteiger partial charge on any atom is 0.233 e. The van der Waals surface area contributed by atoms with Gasteiger partial charge in [0, 0.05) is 13.2 Å². The minimum atomic E-state index is -0.543. The van der Waals surface area contributed by atoms with E-state index in [0.717, 1.165) is 32.3 Å². The van der Waals surface area contributed by atoms with Crippen LogP contribution in [0.3, 0.4) is 0 Å². The molecule has 0 saturated heterocycles. The second-order valence-electron chi connectivity index (χ2n) is 4.17. The van der Waals surface area contributed by atoms with Crippen molar-refractivity contribution in [1.29, 1.82) is 0 Å². The summed E-state index contributed by atoms with van der Waals surface area (Å²) in [5.41, 5.74) is 5.00. The largest absolute Gasteiger partial charge is 0.392 e. The monoisotopic (exact) mass is 244 g/mol. The van der Waals surface area contributed by atoms with Gasteiger partial charge in [0.1, 0.15) is 0 Å². The first kappa shape index (κ1) is 13.4. The van der Waals surface area contributed by atoms with Crippen LogP contribution in [0.5, 0.6) is 0 Å². The smallest absolute Gasteiger partial charge is 0.233 e. The van der Waals surface area contributed by atoms with E-state index in [9.17, 15) is 4.79 Å². The highest BCUT2D eigenvalue weighted by molar-refractivity contribution is 7.80. The quantitative estimate of drug-likeness (QED) is 0.493. The lowest BCUT2D eigenvalue weighted by molar-refractivity contribution is -0.124. The molecule has 1 aliphatic carbocycles. The number of unbranched alkanes of at least 4 members (excludes halogenated alkanes) is 1. The summed E-state index contributed by atoms with van der Waals surface area (Å²) in [7, 11) is 0. The highest BCUT2D eigenvalue weighted by Gasteiger charge is 2.52. The standard InChI is InChI=1S/C11H20N2O2S/c1-2-3-7-15-8-6-13-10(14)11(4-5-11)9(12)16/h2-8H2,1H3,(H2,12,16)(H,13,14). The molecule has 92 valence electrons. The zero-order valence-electron chi connectivity index (χ0n) is 9.75. The zero-order valence-corrected chi connectivity index (χ0v) is 10.6. The van der Waals surface area contributed by atoms with Gasteiger partial charge in [-0.05, 0) is 19.3 Å². The maximum atomic E-state index is 11.7. The number of hydrogen-bond acceptors (Lipinski definition) is 3. The number of carbonyl (C=O) groups excluding carboxylic acids is 1. The van der Waals surface area contributed by atoms with Gasteiger partial charge in [-0.25, -0.2) is 0 Å². The van der Waals surface area contributed by atoms with E-state index < -0.39 is 5.41 Å². The lowest BCUT2D eigenvalue weighted by Crippen LogP contribution is -2.40. The fourth-order valence-corrected chi connectivity index (χ4v) is 1.76. The summed E-state index contributed by atoms with van der Waals surface area (Å²) in [6, 6.07) is 0. The number of carbonyl (C=O) groups is 1. The minimum absolute atomic E-state index is 0.0425. The molecule has 0 radical (unpaired) electrons. The zero-order chi connectivity index (χ0) is 12.0. The van der Waals surface area contributed by atoms with Crippen molar-refractivity contribution in [3.05, 3.63) is 0 Å². The van der Waals surface area contributed by atoms with Crippen molar-refractivity contribution >= 4 is 23.1 Å². The molecule has 1 amide bonds. The first-order valence-corrected chi connectivity index (χ1v) is 6.20. The van der Waals surface area contributed by atoms with Crippen LogP contribution in [0, 0.1) is 5.41 Å². The summed E-state index contributed by atoms with van der Waals surface area (Å²) >= 11 is 4.89. The molecule has 0 heterocycles. The molecule has 0 atom stereocenters. The van der Waals surface area contributed by atoms with Gasteiger partial charge in [0.25, 0.3) is 0 Å². The second-order valence-corrected chi connectivity index (χ2v) is 4.61. The van der Waals surface area contributed by atoms with Gasteiger partial charge in [0.2, 0.25) is 5.91 Å². The molecule has 16 heavy (non-hydrogen) atoms. The van der Waals surface area contributed by atoms with Crippen LogP contribution >= 0.6 is 12.2 Å². The third-order valence-corrected chi connectivity index (χ3v) is 3.22. The van der Waals surface area contributed by atoms with E-state index in [0.29, 0.717) is 18.1 Å². The van der Waals surface area contributed by atoms with Crippen molar-refractivity contribution in [2.75, 3.05) is 19.8 Å². The number of ether oxygens (including phenoxy) is 1. The number of hydrogen-bond donors (Lipinski definition) is 2. The Morgan fingerprint density at radius 1 is 1.50 bits per heavy atom. The molecule has 1 rings (SSSR count). The molecule has 3 N–H and O–H groups in total. The summed E-state index contributed by atoms with van der Waals surface area (Å²) in [4.78, 5) is 12.0. The fraction of sp³-hybridized carbons (Fsp3) is 0.818. The van der Waals surface area contributed by atoms with Gasteiger partial charge in [0.15, 0.2) is 0 Å². The molecule has 0 bridgehead atoms. The maximum absolute atomic E-state index is 11.7. The first-order chi connectivity index (χ1) is 7.63. The molecule has 0 spiro atoms. The Morgan fingerprint density at radius 3 is 2.69 bits per heavy atom. The number of amides is 1. The minimum Gasteiger partial charge on any atom is -0.392 e. The molecule has 0 unspecified atom stereocenters. The highest BCUT2D eigenvalue weighted by atomic mass is 32.1. The molecule has 1 saturated carbocycles. The van der Waals surface area contributed by atoms with Crippen LogP contribution in [0.4, 0.5) is 0 Å². The summed E-state index contributed by atoms with van der Waals surface area (Å²) in [5.74, 6) is -0.0425. The number of rotatable bonds is 8. The molecular formula is C11H20N2O2S. The molecule has 4 nitrogen and oxygen atoms in total. The van der Waals surface area contributed by atoms with Crippen molar-refractivity contribution in [2.45, 2.75) is 32.6 Å². The van der Waals surface area contributed by atoms with Crippen LogP contribution in [0.25, 0.3) is 0 Å². The molecular weight excluding hydrogens is 224 g/mol. The van der Waals surface area contributed by atoms with Crippen molar-refractivity contribution in [3.63, 3.8) is 0 Å². The van der Waals surface area contributed by atoms with Crippen LogP contribution in [-0.2, 0) is 9.53 Å². The molecule has 1 aliphatic rings. The third kappa shape index (κ3) is 3.42. The van der Waals surface area contributed by atoms with E-state index in [2.05, 4.69) is 12.2 Å². The number of nitrogens with one attached hydrogen (secondary N) is 1. The highest BCUT2D eigenvalue weighted by Crippen LogP contribution is 2.46. The van der Waals surface area contributed by atoms with Crippen LogP contribution in [0.15, 0.2) is 0 Å². The van der Waals surface area contributed by atoms with E-state index in [-0.39, 0.29) is 5.91 Å². The lowest BCUT2D eigenvalue weighted by atomic mass is 10.1. The lowest BCUT2D eigenvalue weighted by Gasteiger charge is -2.13. The predicted octanol–water partition coefficient (Wildman–Crippen LogP) is 0.986. The van der Waals surface area contributed by atoms with Gasteiger partial charge in [0.05, 0.1) is 17.0 Å². The predicted molar refractivity (Wildman–Crippen MR) is 67.2 cm³/mol. The molecule has 0 aromatic rings. The first-order valence-electron chi connectivity index (χ1n) is 5.79. The van der Waals surface area contributed by atoms with E-state index in [1.54, 1.807) is 0 Å². The van der Waals surface area contributed by atoms with Gasteiger partial charge in [-0.3, -0.25) is 4.79 Å². The average molecular weight is 244 g/mol. The van der Waals surface area contributed by atoms with Gasteiger partial charge in [-0.15, -0.1) is 0 Å². The van der Waals surface area contributed by atoms with Crippen molar-refractivity contribution in [3.8, 4) is 0 Å². The van der Waals surface area contributed by atoms with Gasteiger partial charge in [-0.2, -0.15) is 0 Å². The average Bonchev–Trinajstić information content (AvgIpc) is 3.03. The Bertz CT molecular complexity index is 265. The molecule has 5 heteroatoms. The van der Waals surface area contributed by atoms with Crippen LogP contribution < -0.4 is 11.1 Å². The molecule has 0 aromatic heterocycles. The summed E-state index contributed by atoms with van der Waals surface area (Å²) in [5, 5.41) is 2.81. The van der Waals surface area contributed by atoms with Gasteiger partial charge in [-0.1, -0.05) is 25.6 Å². The summed E-state index contributed by atoms with van der Waals surface area (Å²) in [6.07, 6.45) is 3.75. The fourth-order valence-electron chi connectivity index (χ4n) is 1.46. The SMILES string of the molecule is CCCCOCCNC(=O)C1(C(N)=S)CC1. The van der Waals surface area contributed by atoms with E-state index in [1.165, 1.54) is 0 Å². The van der Waals surface area contributed by atoms with Crippen molar-refractivity contribution in [2.24, 2.45) is 11.1 Å². The van der Waals surface area contributed by atoms with E-state index in [4.69, 9.17) is 22.7 Å². The van der Waals surface area contributed by atoms with Crippen molar-refractivity contribution < 1.29 is 9.53 Å². The summed E-state index contributed by atoms with van der Waals surface area (Å²) in [6.45, 7) is 3.96. The van der Waals surface area contributed by atoms with Crippen LogP contribution in [0.1, 0.15) is 32.6 Å². The Kier molecular flexibility index (Phi) is 5.15. The Labute approximate surface area is 102 Å². The van der Waals surface area contributed by atoms with Crippen LogP contribution in [0.2, 0.25) is 0 Å². The third-order valence-electron chi connectivity index (χ3n) is 2.83. The molecule has 0 aliphatic heterocycles. The number of nitrogens with two attached hydrogens (primary N) is 1. The molecule has 1 fully saturated rings. The van der Waals surface area contributed by atoms with Crippen LogP contribution in [-0.4, -0.2) is 30.7 Å².